The first kappa shape index (κ1) is 22.4. The molecule has 0 radical (unpaired) electrons. The third-order valence-electron chi connectivity index (χ3n) is 5.56. The number of benzene rings is 2. The number of fused-ring (bicyclic) bond motifs is 3. The van der Waals surface area contributed by atoms with Gasteiger partial charge in [0.15, 0.2) is 6.61 Å². The average Bonchev–Trinajstić information content (AvgIpc) is 3.20. The van der Waals surface area contributed by atoms with Gasteiger partial charge in [-0.3, -0.25) is 14.4 Å². The summed E-state index contributed by atoms with van der Waals surface area (Å²) >= 11 is 0. The Balaban J connectivity index is 1.27. The van der Waals surface area contributed by atoms with E-state index < -0.39 is 5.97 Å². The van der Waals surface area contributed by atoms with Gasteiger partial charge in [0, 0.05) is 23.1 Å². The topological polar surface area (TPSA) is 107 Å². The van der Waals surface area contributed by atoms with Crippen molar-refractivity contribution in [2.45, 2.75) is 32.1 Å². The van der Waals surface area contributed by atoms with Crippen molar-refractivity contribution in [3.05, 3.63) is 59.4 Å². The molecule has 8 heteroatoms. The quantitative estimate of drug-likeness (QED) is 0.511. The number of anilines is 1. The molecule has 1 aliphatic carbocycles. The van der Waals surface area contributed by atoms with E-state index in [0.29, 0.717) is 11.4 Å². The average molecular weight is 450 g/mol. The van der Waals surface area contributed by atoms with Crippen LogP contribution in [0.2, 0.25) is 0 Å². The van der Waals surface area contributed by atoms with Crippen molar-refractivity contribution >= 4 is 34.4 Å². The number of carbonyl (C=O) groups excluding carboxylic acids is 3. The lowest BCUT2D eigenvalue weighted by Gasteiger charge is -2.10. The molecule has 0 fully saturated rings. The van der Waals surface area contributed by atoms with Crippen molar-refractivity contribution in [2.24, 2.45) is 0 Å². The van der Waals surface area contributed by atoms with Gasteiger partial charge < -0.3 is 24.5 Å². The fourth-order valence-electron chi connectivity index (χ4n) is 3.87. The molecule has 0 bridgehead atoms. The van der Waals surface area contributed by atoms with Gasteiger partial charge in [-0.2, -0.15) is 0 Å². The number of hydrogen-bond donors (Lipinski definition) is 2. The predicted molar refractivity (Wildman–Crippen MR) is 122 cm³/mol. The Morgan fingerprint density at radius 1 is 1.00 bits per heavy atom. The van der Waals surface area contributed by atoms with E-state index in [1.807, 2.05) is 18.2 Å². The Morgan fingerprint density at radius 2 is 1.79 bits per heavy atom. The van der Waals surface area contributed by atoms with Crippen molar-refractivity contribution in [1.82, 2.24) is 5.32 Å². The highest BCUT2D eigenvalue weighted by atomic mass is 16.5. The summed E-state index contributed by atoms with van der Waals surface area (Å²) in [5.74, 6) is 0.609. The van der Waals surface area contributed by atoms with Gasteiger partial charge in [0.2, 0.25) is 5.91 Å². The van der Waals surface area contributed by atoms with Crippen LogP contribution in [0.15, 0.2) is 46.9 Å². The monoisotopic (exact) mass is 450 g/mol. The van der Waals surface area contributed by atoms with E-state index >= 15 is 0 Å². The first-order valence-electron chi connectivity index (χ1n) is 10.9. The zero-order chi connectivity index (χ0) is 23.2. The van der Waals surface area contributed by atoms with Gasteiger partial charge >= 0.3 is 5.97 Å². The summed E-state index contributed by atoms with van der Waals surface area (Å²) < 4.78 is 16.1. The van der Waals surface area contributed by atoms with E-state index in [2.05, 4.69) is 15.4 Å². The number of ether oxygens (including phenoxy) is 2. The standard InChI is InChI=1S/C25H26N2O6/c1-31-25(30)14-26-23(28)12-16-6-8-17(9-7-16)27-24(29)15-32-18-10-11-22-20(13-18)19-4-2-3-5-21(19)33-22/h6-11,13H,2-5,12,14-15H2,1H3,(H,26,28)(H,27,29). The Morgan fingerprint density at radius 3 is 2.58 bits per heavy atom. The van der Waals surface area contributed by atoms with Crippen LogP contribution in [0.25, 0.3) is 11.0 Å². The number of methoxy groups -OCH3 is 1. The van der Waals surface area contributed by atoms with Crippen molar-refractivity contribution in [1.29, 1.82) is 0 Å². The van der Waals surface area contributed by atoms with Crippen LogP contribution in [0.3, 0.4) is 0 Å². The van der Waals surface area contributed by atoms with Crippen LogP contribution in [0.5, 0.6) is 5.75 Å². The zero-order valence-corrected chi connectivity index (χ0v) is 18.4. The fourth-order valence-corrected chi connectivity index (χ4v) is 3.87. The predicted octanol–water partition coefficient (Wildman–Crippen LogP) is 3.16. The lowest BCUT2D eigenvalue weighted by Crippen LogP contribution is -2.31. The third-order valence-corrected chi connectivity index (χ3v) is 5.56. The summed E-state index contributed by atoms with van der Waals surface area (Å²) in [4.78, 5) is 35.2. The van der Waals surface area contributed by atoms with Crippen LogP contribution in [-0.4, -0.2) is 38.0 Å². The lowest BCUT2D eigenvalue weighted by molar-refractivity contribution is -0.141. The van der Waals surface area contributed by atoms with Gasteiger partial charge in [-0.05, 0) is 55.2 Å². The molecule has 172 valence electrons. The SMILES string of the molecule is COC(=O)CNC(=O)Cc1ccc(NC(=O)COc2ccc3oc4c(c3c2)CCCC4)cc1. The van der Waals surface area contributed by atoms with Gasteiger partial charge in [-0.25, -0.2) is 0 Å². The summed E-state index contributed by atoms with van der Waals surface area (Å²) in [7, 11) is 1.26. The van der Waals surface area contributed by atoms with Crippen LogP contribution in [-0.2, 0) is 38.4 Å². The van der Waals surface area contributed by atoms with Gasteiger partial charge in [0.05, 0.1) is 13.5 Å². The van der Waals surface area contributed by atoms with Crippen molar-refractivity contribution in [3.8, 4) is 5.75 Å². The largest absolute Gasteiger partial charge is 0.484 e. The molecule has 2 aromatic carbocycles. The number of nitrogens with one attached hydrogen (secondary N) is 2. The Bertz CT molecular complexity index is 1170. The second kappa shape index (κ2) is 10.2. The van der Waals surface area contributed by atoms with Crippen molar-refractivity contribution in [2.75, 3.05) is 25.6 Å². The molecule has 2 amide bonds. The van der Waals surface area contributed by atoms with E-state index in [1.165, 1.54) is 12.7 Å². The summed E-state index contributed by atoms with van der Waals surface area (Å²) in [6, 6.07) is 12.5. The smallest absolute Gasteiger partial charge is 0.325 e. The van der Waals surface area contributed by atoms with Crippen LogP contribution in [0, 0.1) is 0 Å². The maximum absolute atomic E-state index is 12.3. The van der Waals surface area contributed by atoms with Crippen LogP contribution in [0.4, 0.5) is 5.69 Å². The molecule has 1 aromatic heterocycles. The Labute approximate surface area is 191 Å². The maximum Gasteiger partial charge on any atom is 0.325 e. The molecule has 4 rings (SSSR count). The van der Waals surface area contributed by atoms with Crippen LogP contribution >= 0.6 is 0 Å². The molecule has 0 saturated carbocycles. The lowest BCUT2D eigenvalue weighted by atomic mass is 9.96. The van der Waals surface area contributed by atoms with E-state index in [9.17, 15) is 14.4 Å². The van der Waals surface area contributed by atoms with Gasteiger partial charge in [-0.1, -0.05) is 12.1 Å². The highest BCUT2D eigenvalue weighted by Gasteiger charge is 2.18. The van der Waals surface area contributed by atoms with Gasteiger partial charge in [0.1, 0.15) is 23.6 Å². The molecule has 0 unspecified atom stereocenters. The fraction of sp³-hybridized carbons (Fsp3) is 0.320. The highest BCUT2D eigenvalue weighted by Crippen LogP contribution is 2.33. The van der Waals surface area contributed by atoms with Crippen LogP contribution < -0.4 is 15.4 Å². The number of carbonyl (C=O) groups is 3. The summed E-state index contributed by atoms with van der Waals surface area (Å²) in [5.41, 5.74) is 3.47. The molecule has 2 N–H and O–H groups in total. The Kier molecular flexibility index (Phi) is 6.92. The molecule has 1 heterocycles. The van der Waals surface area contributed by atoms with E-state index in [-0.39, 0.29) is 31.4 Å². The number of furan rings is 1. The molecule has 0 spiro atoms. The maximum atomic E-state index is 12.3. The van der Waals surface area contributed by atoms with E-state index in [1.54, 1.807) is 24.3 Å². The summed E-state index contributed by atoms with van der Waals surface area (Å²) in [5, 5.41) is 6.32. The second-order valence-corrected chi connectivity index (χ2v) is 7.93. The number of aryl methyl sites for hydroxylation is 2. The number of rotatable bonds is 8. The first-order chi connectivity index (χ1) is 16.0. The molecule has 0 aliphatic heterocycles. The molecule has 1 aliphatic rings. The number of esters is 1. The number of hydrogen-bond acceptors (Lipinski definition) is 6. The molecule has 3 aromatic rings. The van der Waals surface area contributed by atoms with Crippen molar-refractivity contribution < 1.29 is 28.3 Å². The highest BCUT2D eigenvalue weighted by molar-refractivity contribution is 5.92. The molecular weight excluding hydrogens is 424 g/mol. The van der Waals surface area contributed by atoms with E-state index in [4.69, 9.17) is 9.15 Å². The molecule has 33 heavy (non-hydrogen) atoms. The summed E-state index contributed by atoms with van der Waals surface area (Å²) in [6.07, 6.45) is 4.41. The van der Waals surface area contributed by atoms with E-state index in [0.717, 1.165) is 48.0 Å². The normalized spacial score (nSPS) is 12.6. The van der Waals surface area contributed by atoms with Gasteiger partial charge in [-0.15, -0.1) is 0 Å². The second-order valence-electron chi connectivity index (χ2n) is 7.93. The molecular formula is C25H26N2O6. The zero-order valence-electron chi connectivity index (χ0n) is 18.4. The molecule has 8 nitrogen and oxygen atoms in total. The van der Waals surface area contributed by atoms with Crippen molar-refractivity contribution in [3.63, 3.8) is 0 Å². The third kappa shape index (κ3) is 5.71. The number of amides is 2. The summed E-state index contributed by atoms with van der Waals surface area (Å²) in [6.45, 7) is -0.289. The minimum atomic E-state index is -0.507. The minimum Gasteiger partial charge on any atom is -0.484 e. The Hall–Kier alpha value is -3.81. The van der Waals surface area contributed by atoms with Gasteiger partial charge in [0.25, 0.3) is 5.91 Å². The molecule has 0 saturated heterocycles. The van der Waals surface area contributed by atoms with Crippen LogP contribution in [0.1, 0.15) is 29.7 Å². The first-order valence-corrected chi connectivity index (χ1v) is 10.9. The minimum absolute atomic E-state index is 0.120. The molecule has 0 atom stereocenters.